The second-order valence-electron chi connectivity index (χ2n) is 1.45. The summed E-state index contributed by atoms with van der Waals surface area (Å²) in [6.45, 7) is 0. The molecule has 0 radical (unpaired) electrons. The molecule has 2 aromatic rings. The first-order chi connectivity index (χ1) is 3.97. The standard InChI is InChI=1S/C5H3NOS/c1-2-8-5-4(1)6-3-7-5/h1-3H. The van der Waals surface area contributed by atoms with Crippen molar-refractivity contribution >= 4 is 21.8 Å². The van der Waals surface area contributed by atoms with Gasteiger partial charge in [0.25, 0.3) is 0 Å². The number of oxazole rings is 1. The molecule has 0 saturated heterocycles. The highest BCUT2D eigenvalue weighted by Crippen LogP contribution is 2.17. The Morgan fingerprint density at radius 3 is 3.50 bits per heavy atom. The van der Waals surface area contributed by atoms with Crippen molar-refractivity contribution in [3.63, 3.8) is 0 Å². The van der Waals surface area contributed by atoms with Crippen molar-refractivity contribution in [2.75, 3.05) is 0 Å². The van der Waals surface area contributed by atoms with Crippen molar-refractivity contribution in [2.24, 2.45) is 0 Å². The number of nitrogens with zero attached hydrogens (tertiary/aromatic N) is 1. The van der Waals surface area contributed by atoms with E-state index in [0.717, 1.165) is 10.4 Å². The zero-order chi connectivity index (χ0) is 5.40. The first kappa shape index (κ1) is 4.09. The molecule has 0 aliphatic carbocycles. The van der Waals surface area contributed by atoms with E-state index in [2.05, 4.69) is 4.98 Å². The maximum atomic E-state index is 4.97. The third-order valence-electron chi connectivity index (χ3n) is 0.962. The van der Waals surface area contributed by atoms with E-state index in [0.29, 0.717) is 0 Å². The van der Waals surface area contributed by atoms with Crippen LogP contribution in [0.1, 0.15) is 0 Å². The van der Waals surface area contributed by atoms with Crippen LogP contribution in [0.25, 0.3) is 10.4 Å². The summed E-state index contributed by atoms with van der Waals surface area (Å²) in [7, 11) is 0. The Kier molecular flexibility index (Phi) is 0.676. The molecule has 0 saturated carbocycles. The minimum absolute atomic E-state index is 0.907. The van der Waals surface area contributed by atoms with Crippen LogP contribution in [0.5, 0.6) is 0 Å². The van der Waals surface area contributed by atoms with Gasteiger partial charge >= 0.3 is 0 Å². The van der Waals surface area contributed by atoms with Crippen LogP contribution in [0.2, 0.25) is 0 Å². The maximum absolute atomic E-state index is 4.97. The predicted octanol–water partition coefficient (Wildman–Crippen LogP) is 1.89. The minimum atomic E-state index is 0.907. The van der Waals surface area contributed by atoms with Gasteiger partial charge in [0.15, 0.2) is 6.39 Å². The lowest BCUT2D eigenvalue weighted by atomic mass is 10.6. The minimum Gasteiger partial charge on any atom is -0.433 e. The lowest BCUT2D eigenvalue weighted by Crippen LogP contribution is -1.49. The molecule has 2 rings (SSSR count). The van der Waals surface area contributed by atoms with E-state index in [1.807, 2.05) is 11.4 Å². The lowest BCUT2D eigenvalue weighted by molar-refractivity contribution is 0.609. The molecule has 3 heteroatoms. The van der Waals surface area contributed by atoms with Crippen LogP contribution in [0, 0.1) is 0 Å². The van der Waals surface area contributed by atoms with Crippen LogP contribution in [0.4, 0.5) is 0 Å². The van der Waals surface area contributed by atoms with E-state index in [9.17, 15) is 0 Å². The van der Waals surface area contributed by atoms with E-state index < -0.39 is 0 Å². The van der Waals surface area contributed by atoms with E-state index in [1.165, 1.54) is 6.39 Å². The van der Waals surface area contributed by atoms with Crippen molar-refractivity contribution < 1.29 is 4.42 Å². The number of aromatic nitrogens is 1. The summed E-state index contributed by atoms with van der Waals surface area (Å²) in [5, 5.41) is 1.96. The number of rotatable bonds is 0. The van der Waals surface area contributed by atoms with Crippen molar-refractivity contribution in [3.05, 3.63) is 17.8 Å². The fourth-order valence-corrected chi connectivity index (χ4v) is 1.26. The Labute approximate surface area is 49.8 Å². The highest BCUT2D eigenvalue weighted by atomic mass is 32.1. The molecule has 0 aliphatic heterocycles. The van der Waals surface area contributed by atoms with E-state index >= 15 is 0 Å². The SMILES string of the molecule is c1nc2ccsc2o1. The normalized spacial score (nSPS) is 10.5. The fourth-order valence-electron chi connectivity index (χ4n) is 0.604. The van der Waals surface area contributed by atoms with E-state index in [1.54, 1.807) is 11.3 Å². The molecule has 0 unspecified atom stereocenters. The van der Waals surface area contributed by atoms with Gasteiger partial charge in [-0.15, -0.1) is 11.3 Å². The summed E-state index contributed by atoms with van der Waals surface area (Å²) in [5.74, 6) is 0. The van der Waals surface area contributed by atoms with Crippen LogP contribution in [0.15, 0.2) is 22.3 Å². The van der Waals surface area contributed by atoms with Crippen molar-refractivity contribution in [1.82, 2.24) is 4.98 Å². The van der Waals surface area contributed by atoms with Crippen LogP contribution >= 0.6 is 11.3 Å². The zero-order valence-electron chi connectivity index (χ0n) is 4.00. The largest absolute Gasteiger partial charge is 0.433 e. The second-order valence-corrected chi connectivity index (χ2v) is 2.32. The average Bonchev–Trinajstić information content (AvgIpc) is 2.15. The van der Waals surface area contributed by atoms with Gasteiger partial charge in [-0.2, -0.15) is 0 Å². The van der Waals surface area contributed by atoms with Crippen molar-refractivity contribution in [1.29, 1.82) is 0 Å². The number of fused-ring (bicyclic) bond motifs is 1. The first-order valence-corrected chi connectivity index (χ1v) is 3.11. The monoisotopic (exact) mass is 125 g/mol. The van der Waals surface area contributed by atoms with Gasteiger partial charge in [0, 0.05) is 0 Å². The molecule has 40 valence electrons. The van der Waals surface area contributed by atoms with Gasteiger partial charge < -0.3 is 4.42 Å². The molecule has 0 bridgehead atoms. The van der Waals surface area contributed by atoms with E-state index in [-0.39, 0.29) is 0 Å². The van der Waals surface area contributed by atoms with Crippen molar-refractivity contribution in [3.8, 4) is 0 Å². The van der Waals surface area contributed by atoms with Gasteiger partial charge in [-0.05, 0) is 11.4 Å². The lowest BCUT2D eigenvalue weighted by Gasteiger charge is -1.62. The topological polar surface area (TPSA) is 26.0 Å². The molecule has 0 aromatic carbocycles. The highest BCUT2D eigenvalue weighted by molar-refractivity contribution is 7.16. The van der Waals surface area contributed by atoms with Crippen LogP contribution < -0.4 is 0 Å². The first-order valence-electron chi connectivity index (χ1n) is 2.23. The summed E-state index contributed by atoms with van der Waals surface area (Å²) >= 11 is 1.56. The quantitative estimate of drug-likeness (QED) is 0.537. The fraction of sp³-hybridized carbons (Fsp3) is 0. The third kappa shape index (κ3) is 0.391. The smallest absolute Gasteiger partial charge is 0.208 e. The molecular weight excluding hydrogens is 122 g/mol. The summed E-state index contributed by atoms with van der Waals surface area (Å²) in [6, 6.07) is 1.93. The summed E-state index contributed by atoms with van der Waals surface area (Å²) < 4.78 is 4.97. The van der Waals surface area contributed by atoms with Gasteiger partial charge in [0.05, 0.1) is 0 Å². The molecule has 2 nitrogen and oxygen atoms in total. The summed E-state index contributed by atoms with van der Waals surface area (Å²) in [5.41, 5.74) is 0.954. The van der Waals surface area contributed by atoms with Crippen LogP contribution in [0.3, 0.4) is 0 Å². The molecule has 2 aromatic heterocycles. The van der Waals surface area contributed by atoms with Crippen LogP contribution in [-0.2, 0) is 0 Å². The Bertz CT molecular complexity index is 234. The molecule has 0 spiro atoms. The predicted molar refractivity (Wildman–Crippen MR) is 31.9 cm³/mol. The van der Waals surface area contributed by atoms with Gasteiger partial charge in [0.1, 0.15) is 5.52 Å². The Morgan fingerprint density at radius 1 is 1.62 bits per heavy atom. The average molecular weight is 125 g/mol. The second kappa shape index (κ2) is 1.32. The Morgan fingerprint density at radius 2 is 2.62 bits per heavy atom. The molecule has 0 amide bonds. The molecular formula is C5H3NOS. The molecule has 0 atom stereocenters. The summed E-state index contributed by atoms with van der Waals surface area (Å²) in [4.78, 5) is 4.83. The zero-order valence-corrected chi connectivity index (χ0v) is 4.81. The van der Waals surface area contributed by atoms with Gasteiger partial charge in [0.2, 0.25) is 4.90 Å². The number of hydrogen-bond acceptors (Lipinski definition) is 3. The Hall–Kier alpha value is -0.830. The van der Waals surface area contributed by atoms with Gasteiger partial charge in [-0.1, -0.05) is 0 Å². The van der Waals surface area contributed by atoms with Crippen molar-refractivity contribution in [2.45, 2.75) is 0 Å². The third-order valence-corrected chi connectivity index (χ3v) is 1.75. The summed E-state index contributed by atoms with van der Waals surface area (Å²) in [6.07, 6.45) is 1.46. The van der Waals surface area contributed by atoms with Gasteiger partial charge in [-0.25, -0.2) is 4.98 Å². The molecule has 2 heterocycles. The number of hydrogen-bond donors (Lipinski definition) is 0. The maximum Gasteiger partial charge on any atom is 0.208 e. The van der Waals surface area contributed by atoms with E-state index in [4.69, 9.17) is 4.42 Å². The molecule has 0 fully saturated rings. The molecule has 0 N–H and O–H groups in total. The Balaban J connectivity index is 3.06. The highest BCUT2D eigenvalue weighted by Gasteiger charge is 1.94. The van der Waals surface area contributed by atoms with Crippen LogP contribution in [-0.4, -0.2) is 4.98 Å². The van der Waals surface area contributed by atoms with Gasteiger partial charge in [-0.3, -0.25) is 0 Å². The molecule has 8 heavy (non-hydrogen) atoms. The number of thiophene rings is 1. The molecule has 0 aliphatic rings.